The van der Waals surface area contributed by atoms with Crippen molar-refractivity contribution < 1.29 is 73.1 Å². The van der Waals surface area contributed by atoms with Crippen LogP contribution in [-0.2, 0) is 42.8 Å². The number of aliphatic hydroxyl groups excluding tert-OH is 4. The number of benzene rings is 2. The lowest BCUT2D eigenvalue weighted by Crippen LogP contribution is -2.57. The minimum Gasteiger partial charge on any atom is -0.463 e. The van der Waals surface area contributed by atoms with Gasteiger partial charge in [-0.2, -0.15) is 0 Å². The quantitative estimate of drug-likeness (QED) is 0.0695. The Bertz CT molecular complexity index is 1810. The van der Waals surface area contributed by atoms with E-state index in [-0.39, 0.29) is 59.0 Å². The number of nitro groups is 2. The van der Waals surface area contributed by atoms with Gasteiger partial charge in [-0.25, -0.2) is 0 Å². The van der Waals surface area contributed by atoms with E-state index in [9.17, 15) is 49.9 Å². The van der Waals surface area contributed by atoms with Crippen molar-refractivity contribution in [2.45, 2.75) is 124 Å². The second kappa shape index (κ2) is 25.3. The number of esters is 3. The average molecular weight is 994 g/mol. The van der Waals surface area contributed by atoms with E-state index < -0.39 is 63.8 Å². The smallest absolute Gasteiger partial charge is 0.303 e. The van der Waals surface area contributed by atoms with E-state index in [0.717, 1.165) is 16.7 Å². The maximum atomic E-state index is 11.5. The molecule has 15 atom stereocenters. The third kappa shape index (κ3) is 15.9. The van der Waals surface area contributed by atoms with E-state index in [1.165, 1.54) is 68.9 Å². The molecule has 2 aromatic rings. The zero-order valence-electron chi connectivity index (χ0n) is 36.1. The van der Waals surface area contributed by atoms with Crippen molar-refractivity contribution in [1.29, 1.82) is 0 Å². The molecule has 63 heavy (non-hydrogen) atoms. The monoisotopic (exact) mass is 992 g/mol. The molecule has 2 aromatic carbocycles. The van der Waals surface area contributed by atoms with Crippen molar-refractivity contribution in [3.8, 4) is 0 Å². The van der Waals surface area contributed by atoms with Gasteiger partial charge >= 0.3 is 17.9 Å². The van der Waals surface area contributed by atoms with Crippen LogP contribution in [0.3, 0.4) is 0 Å². The van der Waals surface area contributed by atoms with Crippen LogP contribution in [0.5, 0.6) is 0 Å². The first-order valence-corrected chi connectivity index (χ1v) is 22.7. The number of halogens is 1. The zero-order chi connectivity index (χ0) is 47.3. The molecular formula is C41H57BrN2O17S2. The van der Waals surface area contributed by atoms with E-state index in [1.807, 2.05) is 13.8 Å². The number of alkyl halides is 1. The Morgan fingerprint density at radius 2 is 1.05 bits per heavy atom. The number of nitrogens with zero attached hydrogens (tertiary/aromatic N) is 2. The molecule has 0 amide bonds. The molecule has 19 nitrogen and oxygen atoms in total. The summed E-state index contributed by atoms with van der Waals surface area (Å²) in [6.07, 6.45) is -5.99. The summed E-state index contributed by atoms with van der Waals surface area (Å²) in [4.78, 5) is 55.1. The number of carbonyl (C=O) groups excluding carboxylic acids is 3. The van der Waals surface area contributed by atoms with Gasteiger partial charge in [0.1, 0.15) is 59.6 Å². The number of nitro benzene ring substituents is 2. The fraction of sp³-hybridized carbons (Fsp3) is 0.634. The summed E-state index contributed by atoms with van der Waals surface area (Å²) < 4.78 is 32.8. The highest BCUT2D eigenvalue weighted by molar-refractivity contribution is 9.09. The van der Waals surface area contributed by atoms with Gasteiger partial charge in [-0.3, -0.25) is 34.6 Å². The normalized spacial score (nSPS) is 32.6. The zero-order valence-corrected chi connectivity index (χ0v) is 39.3. The van der Waals surface area contributed by atoms with Crippen LogP contribution < -0.4 is 0 Å². The van der Waals surface area contributed by atoms with Gasteiger partial charge in [0.15, 0.2) is 0 Å². The van der Waals surface area contributed by atoms with E-state index in [2.05, 4.69) is 36.7 Å². The first-order chi connectivity index (χ1) is 29.5. The van der Waals surface area contributed by atoms with Crippen LogP contribution >= 0.6 is 39.5 Å². The fourth-order valence-electron chi connectivity index (χ4n) is 6.69. The summed E-state index contributed by atoms with van der Waals surface area (Å²) in [6.45, 7) is 14.5. The number of rotatable bonds is 12. The molecule has 5 rings (SSSR count). The molecule has 3 saturated heterocycles. The average Bonchev–Trinajstić information content (AvgIpc) is 3.23. The van der Waals surface area contributed by atoms with Crippen LogP contribution in [0.15, 0.2) is 58.3 Å². The Hall–Kier alpha value is -3.45. The van der Waals surface area contributed by atoms with Crippen LogP contribution in [-0.4, -0.2) is 127 Å². The van der Waals surface area contributed by atoms with Gasteiger partial charge in [0.2, 0.25) is 0 Å². The maximum absolute atomic E-state index is 11.5. The molecule has 0 aliphatic carbocycles. The van der Waals surface area contributed by atoms with Crippen molar-refractivity contribution in [1.82, 2.24) is 0 Å². The van der Waals surface area contributed by atoms with Crippen molar-refractivity contribution >= 4 is 68.7 Å². The van der Waals surface area contributed by atoms with Gasteiger partial charge in [-0.1, -0.05) is 74.1 Å². The molecule has 0 radical (unpaired) electrons. The molecule has 3 aliphatic rings. The third-order valence-corrected chi connectivity index (χ3v) is 14.5. The van der Waals surface area contributed by atoms with E-state index in [1.54, 1.807) is 12.1 Å². The number of carbonyl (C=O) groups is 3. The minimum absolute atomic E-state index is 0.00223. The van der Waals surface area contributed by atoms with Gasteiger partial charge in [0, 0.05) is 60.7 Å². The summed E-state index contributed by atoms with van der Waals surface area (Å²) in [6, 6.07) is 11.7. The topological polar surface area (TPSA) is 274 Å². The molecular weight excluding hydrogens is 936 g/mol. The Kier molecular flexibility index (Phi) is 21.6. The second-order valence-corrected chi connectivity index (χ2v) is 18.7. The molecule has 4 N–H and O–H groups in total. The number of aliphatic hydroxyl groups is 4. The molecule has 0 spiro atoms. The van der Waals surface area contributed by atoms with Crippen LogP contribution in [0, 0.1) is 49.8 Å². The number of hydrogen-bond acceptors (Lipinski definition) is 19. The standard InChI is InChI=1S/C18H23NO7S.C12H15NO7S.C11H19BrO3/c1-10-11(2)17(25-13(4)21)18(26-16(10)9-24-12(3)20)27-15-7-5-14(6-8-15)19(22)23;14-5-8-9(15)10(16)11(17)12(20-8)21-7-3-1-6(2-4-7)13(18)19;1-6-7(2)10(5-14-9(4)13)15-11(12)8(6)3/h5-8,10-11,16-18H,9H2,1-4H3;1-4,8-12,14-17H,5H2;6-8,10-11H,5H2,1-4H3/t10-,11-,16?,17?,18-;8?,9-,10+,11?,12+;6-,7-,8?,10?,11-/m010/s1. The number of thioether (sulfide) groups is 2. The van der Waals surface area contributed by atoms with Crippen LogP contribution in [0.2, 0.25) is 0 Å². The lowest BCUT2D eigenvalue weighted by Gasteiger charge is -2.43. The highest BCUT2D eigenvalue weighted by atomic mass is 79.9. The molecule has 0 bridgehead atoms. The van der Waals surface area contributed by atoms with Gasteiger partial charge in [-0.05, 0) is 47.9 Å². The van der Waals surface area contributed by atoms with Crippen LogP contribution in [0.25, 0.3) is 0 Å². The van der Waals surface area contributed by atoms with Crippen molar-refractivity contribution in [2.24, 2.45) is 29.6 Å². The molecule has 3 aliphatic heterocycles. The number of ether oxygens (including phenoxy) is 6. The fourth-order valence-corrected chi connectivity index (χ4v) is 9.70. The Morgan fingerprint density at radius 3 is 1.48 bits per heavy atom. The van der Waals surface area contributed by atoms with Gasteiger partial charge in [0.05, 0.1) is 28.7 Å². The van der Waals surface area contributed by atoms with Gasteiger partial charge in [-0.15, -0.1) is 0 Å². The number of hydrogen-bond donors (Lipinski definition) is 4. The van der Waals surface area contributed by atoms with Gasteiger partial charge in [0.25, 0.3) is 11.4 Å². The molecule has 3 heterocycles. The summed E-state index contributed by atoms with van der Waals surface area (Å²) in [5.74, 6) is 0.380. The summed E-state index contributed by atoms with van der Waals surface area (Å²) >= 11 is 5.86. The largest absolute Gasteiger partial charge is 0.463 e. The lowest BCUT2D eigenvalue weighted by molar-refractivity contribution is -0.385. The molecule has 6 unspecified atom stereocenters. The molecule has 352 valence electrons. The van der Waals surface area contributed by atoms with E-state index in [4.69, 9.17) is 33.5 Å². The third-order valence-electron chi connectivity index (χ3n) is 11.1. The van der Waals surface area contributed by atoms with E-state index >= 15 is 0 Å². The Balaban J connectivity index is 0.000000262. The molecule has 22 heteroatoms. The predicted octanol–water partition coefficient (Wildman–Crippen LogP) is 5.24. The predicted molar refractivity (Wildman–Crippen MR) is 233 cm³/mol. The molecule has 0 saturated carbocycles. The summed E-state index contributed by atoms with van der Waals surface area (Å²) in [5.41, 5.74) is -1.49. The highest BCUT2D eigenvalue weighted by Crippen LogP contribution is 2.41. The molecule has 0 aromatic heterocycles. The Labute approximate surface area is 382 Å². The Morgan fingerprint density at radius 1 is 0.619 bits per heavy atom. The van der Waals surface area contributed by atoms with E-state index in [0.29, 0.717) is 29.3 Å². The highest BCUT2D eigenvalue weighted by Gasteiger charge is 2.45. The molecule has 3 fully saturated rings. The van der Waals surface area contributed by atoms with Crippen molar-refractivity contribution in [2.75, 3.05) is 19.8 Å². The first kappa shape index (κ1) is 53.9. The summed E-state index contributed by atoms with van der Waals surface area (Å²) in [7, 11) is 0. The second-order valence-electron chi connectivity index (χ2n) is 15.5. The van der Waals surface area contributed by atoms with Crippen molar-refractivity contribution in [3.05, 3.63) is 68.8 Å². The van der Waals surface area contributed by atoms with Crippen LogP contribution in [0.4, 0.5) is 11.4 Å². The minimum atomic E-state index is -1.44. The van der Waals surface area contributed by atoms with Gasteiger partial charge < -0.3 is 48.8 Å². The maximum Gasteiger partial charge on any atom is 0.303 e. The SMILES string of the molecule is CC(=O)OCC1O[C@@H](Sc2ccc([N+](=O)[O-])cc2)C(OC(C)=O)[C@@H](C)[C@@H]1C.CC(=O)OCC1O[C@H](Br)C(C)[C@@H](C)[C@@H]1C.O=[N+]([O-])c1ccc(S[C@@H]2OC(CO)[C@@H](O)[C@H](O)C2O)cc1. The van der Waals surface area contributed by atoms with Crippen molar-refractivity contribution in [3.63, 3.8) is 0 Å². The van der Waals surface area contributed by atoms with Crippen LogP contribution in [0.1, 0.15) is 55.4 Å². The number of non-ortho nitro benzene ring substituents is 2. The summed E-state index contributed by atoms with van der Waals surface area (Å²) in [5, 5.41) is 59.7. The lowest BCUT2D eigenvalue weighted by atomic mass is 9.80. The first-order valence-electron chi connectivity index (χ1n) is 20.1.